The number of piperazine rings is 1. The van der Waals surface area contributed by atoms with Crippen molar-refractivity contribution in [3.05, 3.63) is 23.3 Å². The highest BCUT2D eigenvalue weighted by Crippen LogP contribution is 2.32. The van der Waals surface area contributed by atoms with Gasteiger partial charge in [0.1, 0.15) is 5.75 Å². The van der Waals surface area contributed by atoms with Gasteiger partial charge in [-0.05, 0) is 43.0 Å². The third-order valence-corrected chi connectivity index (χ3v) is 6.11. The molecule has 1 aliphatic rings. The summed E-state index contributed by atoms with van der Waals surface area (Å²) in [4.78, 5) is 0.395. The fourth-order valence-electron chi connectivity index (χ4n) is 2.84. The summed E-state index contributed by atoms with van der Waals surface area (Å²) in [5, 5.41) is 3.27. The molecule has 0 radical (unpaired) electrons. The van der Waals surface area contributed by atoms with Crippen LogP contribution < -0.4 is 10.1 Å². The zero-order chi connectivity index (χ0) is 16.5. The Morgan fingerprint density at radius 2 is 2.05 bits per heavy atom. The molecule has 1 aromatic carbocycles. The monoisotopic (exact) mass is 326 g/mol. The van der Waals surface area contributed by atoms with Gasteiger partial charge in [-0.15, -0.1) is 0 Å². The summed E-state index contributed by atoms with van der Waals surface area (Å²) in [6.45, 7) is 9.60. The van der Waals surface area contributed by atoms with Gasteiger partial charge in [0.15, 0.2) is 0 Å². The normalized spacial score (nSPS) is 20.4. The Labute approximate surface area is 133 Å². The highest BCUT2D eigenvalue weighted by molar-refractivity contribution is 7.89. The number of nitrogens with one attached hydrogen (secondary N) is 1. The van der Waals surface area contributed by atoms with Gasteiger partial charge in [-0.25, -0.2) is 8.42 Å². The van der Waals surface area contributed by atoms with E-state index in [0.29, 0.717) is 24.5 Å². The Kier molecular flexibility index (Phi) is 5.14. The van der Waals surface area contributed by atoms with Gasteiger partial charge in [0.2, 0.25) is 10.0 Å². The highest BCUT2D eigenvalue weighted by Gasteiger charge is 2.30. The van der Waals surface area contributed by atoms with Gasteiger partial charge in [0.25, 0.3) is 0 Å². The van der Waals surface area contributed by atoms with E-state index >= 15 is 0 Å². The molecule has 1 unspecified atom stereocenters. The summed E-state index contributed by atoms with van der Waals surface area (Å²) in [5.74, 6) is 0.951. The second-order valence-electron chi connectivity index (χ2n) is 6.23. The number of benzene rings is 1. The second kappa shape index (κ2) is 6.56. The van der Waals surface area contributed by atoms with Crippen LogP contribution in [-0.4, -0.2) is 45.5 Å². The van der Waals surface area contributed by atoms with Gasteiger partial charge >= 0.3 is 0 Å². The lowest BCUT2D eigenvalue weighted by atomic mass is 10.0. The van der Waals surface area contributed by atoms with Crippen molar-refractivity contribution in [1.29, 1.82) is 0 Å². The van der Waals surface area contributed by atoms with E-state index in [0.717, 1.165) is 16.9 Å². The Hall–Kier alpha value is -1.11. The topological polar surface area (TPSA) is 58.6 Å². The van der Waals surface area contributed by atoms with E-state index in [1.165, 1.54) is 0 Å². The fraction of sp³-hybridized carbons (Fsp3) is 0.625. The van der Waals surface area contributed by atoms with Crippen molar-refractivity contribution >= 4 is 10.0 Å². The van der Waals surface area contributed by atoms with E-state index in [1.807, 2.05) is 33.8 Å². The molecule has 0 bridgehead atoms. The molecule has 6 heteroatoms. The molecule has 1 saturated heterocycles. The average molecular weight is 326 g/mol. The zero-order valence-electron chi connectivity index (χ0n) is 14.0. The Balaban J connectivity index is 2.48. The molecule has 0 saturated carbocycles. The first-order chi connectivity index (χ1) is 10.3. The highest BCUT2D eigenvalue weighted by atomic mass is 32.2. The first kappa shape index (κ1) is 17.2. The van der Waals surface area contributed by atoms with Gasteiger partial charge in [-0.3, -0.25) is 0 Å². The first-order valence-electron chi connectivity index (χ1n) is 7.69. The maximum absolute atomic E-state index is 13.0. The Bertz CT molecular complexity index is 641. The summed E-state index contributed by atoms with van der Waals surface area (Å²) in [7, 11) is -1.85. The van der Waals surface area contributed by atoms with Gasteiger partial charge in [0.05, 0.1) is 12.0 Å². The largest absolute Gasteiger partial charge is 0.496 e. The molecule has 1 N–H and O–H groups in total. The molecular weight excluding hydrogens is 300 g/mol. The molecule has 22 heavy (non-hydrogen) atoms. The van der Waals surface area contributed by atoms with Crippen LogP contribution in [-0.2, 0) is 10.0 Å². The number of methoxy groups -OCH3 is 1. The van der Waals surface area contributed by atoms with E-state index in [2.05, 4.69) is 5.32 Å². The lowest BCUT2D eigenvalue weighted by Crippen LogP contribution is -2.51. The summed E-state index contributed by atoms with van der Waals surface area (Å²) in [6.07, 6.45) is 0. The summed E-state index contributed by atoms with van der Waals surface area (Å²) >= 11 is 0. The number of hydrogen-bond acceptors (Lipinski definition) is 4. The number of nitrogens with zero attached hydrogens (tertiary/aromatic N) is 1. The number of sulfonamides is 1. The Morgan fingerprint density at radius 1 is 1.36 bits per heavy atom. The van der Waals surface area contributed by atoms with Crippen LogP contribution in [0.4, 0.5) is 0 Å². The Morgan fingerprint density at radius 3 is 2.59 bits per heavy atom. The summed E-state index contributed by atoms with van der Waals surface area (Å²) in [6, 6.07) is 3.78. The first-order valence-corrected chi connectivity index (χ1v) is 9.13. The molecule has 1 fully saturated rings. The zero-order valence-corrected chi connectivity index (χ0v) is 14.8. The maximum atomic E-state index is 13.0. The minimum Gasteiger partial charge on any atom is -0.496 e. The molecule has 1 aromatic rings. The molecule has 1 atom stereocenters. The minimum absolute atomic E-state index is 0.173. The number of rotatable bonds is 4. The molecule has 0 amide bonds. The third-order valence-electron chi connectivity index (χ3n) is 4.10. The van der Waals surface area contributed by atoms with Crippen molar-refractivity contribution < 1.29 is 13.2 Å². The number of aryl methyl sites for hydroxylation is 1. The quantitative estimate of drug-likeness (QED) is 0.921. The van der Waals surface area contributed by atoms with Gasteiger partial charge in [0, 0.05) is 25.7 Å². The predicted octanol–water partition coefficient (Wildman–Crippen LogP) is 2.11. The van der Waals surface area contributed by atoms with Crippen molar-refractivity contribution in [3.8, 4) is 5.75 Å². The van der Waals surface area contributed by atoms with E-state index in [9.17, 15) is 8.42 Å². The van der Waals surface area contributed by atoms with Crippen molar-refractivity contribution in [2.45, 2.75) is 44.6 Å². The number of ether oxygens (including phenoxy) is 1. The molecule has 5 nitrogen and oxygen atoms in total. The third kappa shape index (κ3) is 3.29. The molecule has 0 aliphatic carbocycles. The lowest BCUT2D eigenvalue weighted by Gasteiger charge is -2.31. The van der Waals surface area contributed by atoms with E-state index in [-0.39, 0.29) is 12.0 Å². The molecule has 2 rings (SSSR count). The van der Waals surface area contributed by atoms with Crippen LogP contribution in [0.2, 0.25) is 0 Å². The van der Waals surface area contributed by atoms with Crippen LogP contribution in [0.5, 0.6) is 5.75 Å². The molecule has 0 spiro atoms. The summed E-state index contributed by atoms with van der Waals surface area (Å²) in [5.41, 5.74) is 1.65. The molecule has 1 aliphatic heterocycles. The van der Waals surface area contributed by atoms with Crippen molar-refractivity contribution in [3.63, 3.8) is 0 Å². The molecular formula is C16H26N2O3S. The van der Waals surface area contributed by atoms with Crippen LogP contribution in [0.15, 0.2) is 17.0 Å². The lowest BCUT2D eigenvalue weighted by molar-refractivity contribution is 0.310. The average Bonchev–Trinajstić information content (AvgIpc) is 2.46. The smallest absolute Gasteiger partial charge is 0.243 e. The van der Waals surface area contributed by atoms with Gasteiger partial charge in [-0.1, -0.05) is 13.8 Å². The van der Waals surface area contributed by atoms with Crippen LogP contribution >= 0.6 is 0 Å². The number of hydrogen-bond donors (Lipinski definition) is 1. The van der Waals surface area contributed by atoms with Crippen molar-refractivity contribution in [1.82, 2.24) is 9.62 Å². The van der Waals surface area contributed by atoms with Gasteiger partial charge < -0.3 is 10.1 Å². The van der Waals surface area contributed by atoms with E-state index < -0.39 is 10.0 Å². The standard InChI is InChI=1S/C16H26N2O3S/c1-11(2)14-9-16(12(3)8-15(14)21-5)22(19,20)18-7-6-17-13(4)10-18/h8-9,11,13,17H,6-7,10H2,1-5H3. The van der Waals surface area contributed by atoms with Crippen LogP contribution in [0.1, 0.15) is 37.8 Å². The van der Waals surface area contributed by atoms with E-state index in [1.54, 1.807) is 17.5 Å². The van der Waals surface area contributed by atoms with Crippen molar-refractivity contribution in [2.75, 3.05) is 26.7 Å². The summed E-state index contributed by atoms with van der Waals surface area (Å²) < 4.78 is 32.9. The molecule has 0 aromatic heterocycles. The fourth-order valence-corrected chi connectivity index (χ4v) is 4.61. The minimum atomic E-state index is -3.47. The second-order valence-corrected chi connectivity index (χ2v) is 8.14. The molecule has 124 valence electrons. The van der Waals surface area contributed by atoms with Crippen molar-refractivity contribution in [2.24, 2.45) is 0 Å². The van der Waals surface area contributed by atoms with Crippen LogP contribution in [0.25, 0.3) is 0 Å². The SMILES string of the molecule is COc1cc(C)c(S(=O)(=O)N2CCNC(C)C2)cc1C(C)C. The van der Waals surface area contributed by atoms with Crippen LogP contribution in [0.3, 0.4) is 0 Å². The van der Waals surface area contributed by atoms with Gasteiger partial charge in [-0.2, -0.15) is 4.31 Å². The maximum Gasteiger partial charge on any atom is 0.243 e. The van der Waals surface area contributed by atoms with E-state index in [4.69, 9.17) is 4.74 Å². The molecule has 1 heterocycles. The van der Waals surface area contributed by atoms with Crippen LogP contribution in [0, 0.1) is 6.92 Å². The predicted molar refractivity (Wildman–Crippen MR) is 88.0 cm³/mol.